The highest BCUT2D eigenvalue weighted by Crippen LogP contribution is 2.26. The zero-order valence-corrected chi connectivity index (χ0v) is 15.5. The second kappa shape index (κ2) is 7.90. The molecule has 0 aliphatic carbocycles. The number of halogens is 1. The van der Waals surface area contributed by atoms with Crippen molar-refractivity contribution in [3.63, 3.8) is 0 Å². The first-order chi connectivity index (χ1) is 11.6. The minimum atomic E-state index is -0.0301. The normalized spacial score (nSPS) is 15.3. The second-order valence-electron chi connectivity index (χ2n) is 5.74. The Labute approximate surface area is 153 Å². The smallest absolute Gasteiger partial charge is 0.265 e. The van der Waals surface area contributed by atoms with Crippen LogP contribution in [-0.2, 0) is 11.3 Å². The molecule has 0 aromatic carbocycles. The number of hydrogen-bond donors (Lipinski definition) is 1. The lowest BCUT2D eigenvalue weighted by Crippen LogP contribution is -2.42. The van der Waals surface area contributed by atoms with E-state index in [0.717, 1.165) is 14.9 Å². The number of nitrogens with zero attached hydrogens (tertiary/aromatic N) is 2. The average molecular weight is 408 g/mol. The first-order valence-corrected chi connectivity index (χ1v) is 9.51. The van der Waals surface area contributed by atoms with Crippen molar-refractivity contribution in [1.82, 2.24) is 15.2 Å². The van der Waals surface area contributed by atoms with Crippen LogP contribution >= 0.6 is 27.3 Å². The van der Waals surface area contributed by atoms with Crippen LogP contribution in [0.15, 0.2) is 40.4 Å². The van der Waals surface area contributed by atoms with E-state index >= 15 is 0 Å². The average Bonchev–Trinajstić information content (AvgIpc) is 3.06. The number of thiophene rings is 1. The molecule has 1 N–H and O–H groups in total. The summed E-state index contributed by atoms with van der Waals surface area (Å²) in [6.07, 6.45) is 4.87. The van der Waals surface area contributed by atoms with Crippen molar-refractivity contribution in [1.29, 1.82) is 0 Å². The highest BCUT2D eigenvalue weighted by atomic mass is 79.9. The molecule has 126 valence electrons. The molecule has 1 saturated heterocycles. The first kappa shape index (κ1) is 17.1. The molecule has 5 nitrogen and oxygen atoms in total. The molecule has 1 aliphatic heterocycles. The summed E-state index contributed by atoms with van der Waals surface area (Å²) < 4.78 is 0.842. The fraction of sp³-hybridized carbons (Fsp3) is 0.353. The van der Waals surface area contributed by atoms with E-state index in [1.165, 1.54) is 11.3 Å². The van der Waals surface area contributed by atoms with Crippen LogP contribution in [0.4, 0.5) is 0 Å². The lowest BCUT2D eigenvalue weighted by Gasteiger charge is -2.31. The summed E-state index contributed by atoms with van der Waals surface area (Å²) in [7, 11) is 0. The van der Waals surface area contributed by atoms with E-state index < -0.39 is 0 Å². The molecule has 0 atom stereocenters. The summed E-state index contributed by atoms with van der Waals surface area (Å²) in [4.78, 5) is 31.4. The Kier molecular flexibility index (Phi) is 5.63. The summed E-state index contributed by atoms with van der Waals surface area (Å²) in [6.45, 7) is 1.73. The summed E-state index contributed by atoms with van der Waals surface area (Å²) >= 11 is 4.85. The van der Waals surface area contributed by atoms with Gasteiger partial charge in [-0.2, -0.15) is 0 Å². The summed E-state index contributed by atoms with van der Waals surface area (Å²) in [5.41, 5.74) is 0.987. The van der Waals surface area contributed by atoms with Gasteiger partial charge in [0.1, 0.15) is 4.88 Å². The van der Waals surface area contributed by atoms with Crippen LogP contribution < -0.4 is 5.32 Å². The third-order valence-electron chi connectivity index (χ3n) is 4.15. The van der Waals surface area contributed by atoms with Gasteiger partial charge in [-0.1, -0.05) is 6.07 Å². The lowest BCUT2D eigenvalue weighted by molar-refractivity contribution is -0.126. The molecule has 24 heavy (non-hydrogen) atoms. The summed E-state index contributed by atoms with van der Waals surface area (Å²) in [5.74, 6) is 0.0758. The third kappa shape index (κ3) is 4.02. The van der Waals surface area contributed by atoms with Crippen LogP contribution in [0.5, 0.6) is 0 Å². The van der Waals surface area contributed by atoms with Crippen LogP contribution in [0.1, 0.15) is 28.1 Å². The Balaban J connectivity index is 1.49. The minimum Gasteiger partial charge on any atom is -0.352 e. The molecule has 1 fully saturated rings. The van der Waals surface area contributed by atoms with Gasteiger partial charge in [-0.25, -0.2) is 0 Å². The number of hydrogen-bond acceptors (Lipinski definition) is 4. The van der Waals surface area contributed by atoms with Gasteiger partial charge < -0.3 is 10.2 Å². The van der Waals surface area contributed by atoms with Crippen molar-refractivity contribution in [2.24, 2.45) is 5.92 Å². The Hall–Kier alpha value is -1.73. The predicted octanol–water partition coefficient (Wildman–Crippen LogP) is 3.07. The van der Waals surface area contributed by atoms with Crippen LogP contribution in [-0.4, -0.2) is 34.8 Å². The number of carbonyl (C=O) groups excluding carboxylic acids is 2. The molecule has 2 amide bonds. The van der Waals surface area contributed by atoms with E-state index in [-0.39, 0.29) is 17.7 Å². The van der Waals surface area contributed by atoms with Crippen molar-refractivity contribution in [3.05, 3.63) is 50.9 Å². The van der Waals surface area contributed by atoms with E-state index in [4.69, 9.17) is 0 Å². The molecule has 3 heterocycles. The number of likely N-dealkylation sites (tertiary alicyclic amines) is 1. The quantitative estimate of drug-likeness (QED) is 0.846. The number of pyridine rings is 1. The molecule has 0 saturated carbocycles. The first-order valence-electron chi connectivity index (χ1n) is 7.84. The molecule has 2 aromatic rings. The maximum atomic E-state index is 12.5. The molecular weight excluding hydrogens is 390 g/mol. The topological polar surface area (TPSA) is 62.3 Å². The van der Waals surface area contributed by atoms with Crippen LogP contribution in [0.3, 0.4) is 0 Å². The number of piperidine rings is 1. The molecular formula is C17H18BrN3O2S. The van der Waals surface area contributed by atoms with Gasteiger partial charge in [-0.05, 0) is 51.8 Å². The van der Waals surface area contributed by atoms with Crippen LogP contribution in [0.25, 0.3) is 0 Å². The number of nitrogens with one attached hydrogen (secondary N) is 1. The van der Waals surface area contributed by atoms with Crippen LogP contribution in [0.2, 0.25) is 0 Å². The molecule has 1 aliphatic rings. The highest BCUT2D eigenvalue weighted by Gasteiger charge is 2.28. The van der Waals surface area contributed by atoms with Crippen molar-refractivity contribution < 1.29 is 9.59 Å². The SMILES string of the molecule is O=C(NCc1cccnc1)C1CCN(C(=O)c2sccc2Br)CC1. The number of rotatable bonds is 4. The zero-order chi connectivity index (χ0) is 16.9. The van der Waals surface area contributed by atoms with Crippen molar-refractivity contribution in [2.45, 2.75) is 19.4 Å². The number of amides is 2. The molecule has 0 bridgehead atoms. The van der Waals surface area contributed by atoms with Gasteiger partial charge in [-0.15, -0.1) is 11.3 Å². The van der Waals surface area contributed by atoms with Crippen molar-refractivity contribution in [2.75, 3.05) is 13.1 Å². The maximum Gasteiger partial charge on any atom is 0.265 e. The highest BCUT2D eigenvalue weighted by molar-refractivity contribution is 9.10. The maximum absolute atomic E-state index is 12.5. The van der Waals surface area contributed by atoms with E-state index in [9.17, 15) is 9.59 Å². The van der Waals surface area contributed by atoms with Gasteiger partial charge in [0.2, 0.25) is 5.91 Å². The predicted molar refractivity (Wildman–Crippen MR) is 96.7 cm³/mol. The molecule has 0 spiro atoms. The summed E-state index contributed by atoms with van der Waals surface area (Å²) in [6, 6.07) is 5.68. The fourth-order valence-corrected chi connectivity index (χ4v) is 4.28. The Bertz CT molecular complexity index is 712. The van der Waals surface area contributed by atoms with E-state index in [0.29, 0.717) is 32.5 Å². The third-order valence-corrected chi connectivity index (χ3v) is 5.98. The van der Waals surface area contributed by atoms with Crippen molar-refractivity contribution >= 4 is 39.1 Å². The van der Waals surface area contributed by atoms with Gasteiger partial charge in [-0.3, -0.25) is 14.6 Å². The monoisotopic (exact) mass is 407 g/mol. The van der Waals surface area contributed by atoms with E-state index in [2.05, 4.69) is 26.2 Å². The van der Waals surface area contributed by atoms with E-state index in [1.54, 1.807) is 12.4 Å². The van der Waals surface area contributed by atoms with Gasteiger partial charge >= 0.3 is 0 Å². The van der Waals surface area contributed by atoms with Gasteiger partial charge in [0.15, 0.2) is 0 Å². The number of carbonyl (C=O) groups is 2. The van der Waals surface area contributed by atoms with Crippen molar-refractivity contribution in [3.8, 4) is 0 Å². The fourth-order valence-electron chi connectivity index (χ4n) is 2.77. The lowest BCUT2D eigenvalue weighted by atomic mass is 9.95. The Morgan fingerprint density at radius 2 is 2.12 bits per heavy atom. The minimum absolute atomic E-state index is 0.0301. The second-order valence-corrected chi connectivity index (χ2v) is 7.51. The van der Waals surface area contributed by atoms with Gasteiger partial charge in [0.25, 0.3) is 5.91 Å². The molecule has 7 heteroatoms. The number of aromatic nitrogens is 1. The van der Waals surface area contributed by atoms with Gasteiger partial charge in [0.05, 0.1) is 0 Å². The van der Waals surface area contributed by atoms with Gasteiger partial charge in [0, 0.05) is 42.4 Å². The standard InChI is InChI=1S/C17H18BrN3O2S/c18-14-5-9-24-15(14)17(23)21-7-3-13(4-8-21)16(22)20-11-12-2-1-6-19-10-12/h1-2,5-6,9-10,13H,3-4,7-8,11H2,(H,20,22). The molecule has 0 unspecified atom stereocenters. The largest absolute Gasteiger partial charge is 0.352 e. The van der Waals surface area contributed by atoms with E-state index in [1.807, 2.05) is 28.5 Å². The van der Waals surface area contributed by atoms with Crippen LogP contribution in [0, 0.1) is 5.92 Å². The molecule has 2 aromatic heterocycles. The Morgan fingerprint density at radius 1 is 1.33 bits per heavy atom. The molecule has 0 radical (unpaired) electrons. The molecule has 3 rings (SSSR count). The zero-order valence-electron chi connectivity index (χ0n) is 13.1. The summed E-state index contributed by atoms with van der Waals surface area (Å²) in [5, 5.41) is 4.86. The Morgan fingerprint density at radius 3 is 2.75 bits per heavy atom.